The van der Waals surface area contributed by atoms with Crippen LogP contribution in [0.1, 0.15) is 57.9 Å². The van der Waals surface area contributed by atoms with Gasteiger partial charge in [0.2, 0.25) is 5.95 Å². The lowest BCUT2D eigenvalue weighted by molar-refractivity contribution is 0.00791. The Hall–Kier alpha value is -2.69. The van der Waals surface area contributed by atoms with Crippen molar-refractivity contribution in [3.8, 4) is 0 Å². The van der Waals surface area contributed by atoms with Gasteiger partial charge in [-0.05, 0) is 51.0 Å². The van der Waals surface area contributed by atoms with Gasteiger partial charge in [-0.3, -0.25) is 9.58 Å². The van der Waals surface area contributed by atoms with Crippen LogP contribution in [-0.4, -0.2) is 80.8 Å². The van der Waals surface area contributed by atoms with E-state index in [9.17, 15) is 0 Å². The van der Waals surface area contributed by atoms with E-state index in [1.54, 1.807) is 0 Å². The number of aryl methyl sites for hydroxylation is 1. The number of nitrogens with zero attached hydrogens (tertiary/aromatic N) is 6. The maximum atomic E-state index is 5.55. The first kappa shape index (κ1) is 24.6. The van der Waals surface area contributed by atoms with Crippen LogP contribution in [-0.2, 0) is 16.0 Å². The summed E-state index contributed by atoms with van der Waals surface area (Å²) in [7, 11) is 0. The monoisotopic (exact) mass is 508 g/mol. The zero-order chi connectivity index (χ0) is 25.0. The molecule has 0 aromatic carbocycles. The molecule has 2 aliphatic heterocycles. The third-order valence-electron chi connectivity index (χ3n) is 8.10. The zero-order valence-electron chi connectivity index (χ0n) is 21.9. The molecule has 3 aromatic rings. The predicted octanol–water partition coefficient (Wildman–Crippen LogP) is 4.19. The number of rotatable bonds is 8. The van der Waals surface area contributed by atoms with Crippen molar-refractivity contribution >= 4 is 28.5 Å². The Balaban J connectivity index is 1.18. The first-order valence-corrected chi connectivity index (χ1v) is 14.1. The lowest BCUT2D eigenvalue weighted by Crippen LogP contribution is -2.46. The molecular weight excluding hydrogens is 468 g/mol. The highest BCUT2D eigenvalue weighted by Crippen LogP contribution is 2.30. The normalized spacial score (nSPS) is 23.9. The summed E-state index contributed by atoms with van der Waals surface area (Å²) >= 11 is 0. The third kappa shape index (κ3) is 5.61. The van der Waals surface area contributed by atoms with Crippen LogP contribution >= 0.6 is 0 Å². The van der Waals surface area contributed by atoms with Crippen LogP contribution in [0.5, 0.6) is 0 Å². The number of fused-ring (bicyclic) bond motifs is 1. The van der Waals surface area contributed by atoms with Gasteiger partial charge < -0.3 is 24.7 Å². The fourth-order valence-electron chi connectivity index (χ4n) is 6.09. The minimum atomic E-state index is 0.389. The van der Waals surface area contributed by atoms with E-state index in [4.69, 9.17) is 19.4 Å². The van der Waals surface area contributed by atoms with Crippen molar-refractivity contribution in [2.75, 3.05) is 50.2 Å². The number of morpholine rings is 1. The van der Waals surface area contributed by atoms with Crippen LogP contribution in [0.25, 0.3) is 11.0 Å². The van der Waals surface area contributed by atoms with Crippen LogP contribution in [0, 0.1) is 0 Å². The zero-order valence-corrected chi connectivity index (χ0v) is 21.9. The van der Waals surface area contributed by atoms with Crippen LogP contribution in [0.15, 0.2) is 24.7 Å². The topological polar surface area (TPSA) is 94.3 Å². The van der Waals surface area contributed by atoms with E-state index in [1.807, 2.05) is 10.9 Å². The molecule has 2 N–H and O–H groups in total. The molecule has 10 heteroatoms. The van der Waals surface area contributed by atoms with Gasteiger partial charge in [0.15, 0.2) is 5.82 Å². The second kappa shape index (κ2) is 11.4. The van der Waals surface area contributed by atoms with Gasteiger partial charge in [-0.2, -0.15) is 10.1 Å². The molecule has 1 saturated carbocycles. The molecule has 0 atom stereocenters. The van der Waals surface area contributed by atoms with Gasteiger partial charge in [0.1, 0.15) is 5.52 Å². The Kier molecular flexibility index (Phi) is 7.57. The minimum Gasteiger partial charge on any atom is -0.381 e. The lowest BCUT2D eigenvalue weighted by atomic mass is 9.90. The highest BCUT2D eigenvalue weighted by Gasteiger charge is 2.28. The molecule has 2 saturated heterocycles. The number of anilines is 3. The summed E-state index contributed by atoms with van der Waals surface area (Å²) < 4.78 is 15.4. The smallest absolute Gasteiger partial charge is 0.229 e. The van der Waals surface area contributed by atoms with Gasteiger partial charge in [0.25, 0.3) is 0 Å². The second-order valence-electron chi connectivity index (χ2n) is 10.6. The molecule has 3 aliphatic rings. The van der Waals surface area contributed by atoms with E-state index < -0.39 is 0 Å². The number of aromatic nitrogens is 5. The Morgan fingerprint density at radius 2 is 1.73 bits per heavy atom. The lowest BCUT2D eigenvalue weighted by Gasteiger charge is -2.39. The van der Waals surface area contributed by atoms with Crippen molar-refractivity contribution in [1.29, 1.82) is 0 Å². The molecule has 6 rings (SSSR count). The van der Waals surface area contributed by atoms with Crippen LogP contribution in [0.4, 0.5) is 17.5 Å². The molecule has 3 aromatic heterocycles. The largest absolute Gasteiger partial charge is 0.381 e. The van der Waals surface area contributed by atoms with Crippen molar-refractivity contribution < 1.29 is 9.47 Å². The Morgan fingerprint density at radius 1 is 0.946 bits per heavy atom. The summed E-state index contributed by atoms with van der Waals surface area (Å²) in [5.41, 5.74) is 2.98. The minimum absolute atomic E-state index is 0.389. The third-order valence-corrected chi connectivity index (χ3v) is 8.10. The molecule has 0 bridgehead atoms. The van der Waals surface area contributed by atoms with Gasteiger partial charge in [0.05, 0.1) is 36.7 Å². The predicted molar refractivity (Wildman–Crippen MR) is 144 cm³/mol. The van der Waals surface area contributed by atoms with Crippen LogP contribution in [0.2, 0.25) is 0 Å². The standard InChI is InChI=1S/C27H40N8O2/c1-2-10-34-11-7-24-25(34)26(29-20-3-5-22(6-4-20)33-12-16-37-17-13-33)32-27(31-24)30-21-18-28-35(19-21)23-8-14-36-15-9-23/h7,11,18-20,22-23H,2-6,8-10,12-17H2,1H3,(H2,29,30,31,32). The molecule has 37 heavy (non-hydrogen) atoms. The fraction of sp³-hybridized carbons (Fsp3) is 0.667. The van der Waals surface area contributed by atoms with E-state index in [-0.39, 0.29) is 0 Å². The van der Waals surface area contributed by atoms with Crippen molar-refractivity contribution in [2.45, 2.75) is 76.5 Å². The molecule has 1 aliphatic carbocycles. The molecular formula is C27H40N8O2. The molecule has 0 amide bonds. The maximum absolute atomic E-state index is 5.55. The van der Waals surface area contributed by atoms with E-state index in [0.29, 0.717) is 24.1 Å². The van der Waals surface area contributed by atoms with Gasteiger partial charge in [-0.25, -0.2) is 4.98 Å². The molecule has 200 valence electrons. The number of hydrogen-bond acceptors (Lipinski definition) is 8. The summed E-state index contributed by atoms with van der Waals surface area (Å²) in [5, 5.41) is 11.8. The average molecular weight is 509 g/mol. The quantitative estimate of drug-likeness (QED) is 0.468. The molecule has 0 unspecified atom stereocenters. The van der Waals surface area contributed by atoms with Crippen molar-refractivity contribution in [3.05, 3.63) is 24.7 Å². The molecule has 5 heterocycles. The summed E-state index contributed by atoms with van der Waals surface area (Å²) in [6.07, 6.45) is 13.9. The number of nitrogens with one attached hydrogen (secondary N) is 2. The molecule has 0 spiro atoms. The summed E-state index contributed by atoms with van der Waals surface area (Å²) in [6, 6.07) is 3.59. The van der Waals surface area contributed by atoms with Crippen molar-refractivity contribution in [2.24, 2.45) is 0 Å². The number of ether oxygens (including phenoxy) is 2. The highest BCUT2D eigenvalue weighted by atomic mass is 16.5. The van der Waals surface area contributed by atoms with Gasteiger partial charge >= 0.3 is 0 Å². The van der Waals surface area contributed by atoms with Gasteiger partial charge in [0, 0.05) is 57.3 Å². The summed E-state index contributed by atoms with van der Waals surface area (Å²) in [6.45, 7) is 8.63. The fourth-order valence-corrected chi connectivity index (χ4v) is 6.09. The van der Waals surface area contributed by atoms with Gasteiger partial charge in [-0.15, -0.1) is 0 Å². The van der Waals surface area contributed by atoms with E-state index in [1.165, 1.54) is 12.8 Å². The Bertz CT molecular complexity index is 1160. The van der Waals surface area contributed by atoms with E-state index >= 15 is 0 Å². The average Bonchev–Trinajstić information content (AvgIpc) is 3.58. The van der Waals surface area contributed by atoms with Crippen LogP contribution in [0.3, 0.4) is 0 Å². The molecule has 0 radical (unpaired) electrons. The van der Waals surface area contributed by atoms with Crippen molar-refractivity contribution in [1.82, 2.24) is 29.2 Å². The Morgan fingerprint density at radius 3 is 2.51 bits per heavy atom. The summed E-state index contributed by atoms with van der Waals surface area (Å²) in [4.78, 5) is 12.5. The number of hydrogen-bond donors (Lipinski definition) is 2. The first-order chi connectivity index (χ1) is 18.3. The second-order valence-corrected chi connectivity index (χ2v) is 10.6. The highest BCUT2D eigenvalue weighted by molar-refractivity contribution is 5.88. The maximum Gasteiger partial charge on any atom is 0.229 e. The Labute approximate surface area is 218 Å². The summed E-state index contributed by atoms with van der Waals surface area (Å²) in [5.74, 6) is 1.54. The molecule has 10 nitrogen and oxygen atoms in total. The van der Waals surface area contributed by atoms with Gasteiger partial charge in [-0.1, -0.05) is 6.92 Å². The molecule has 3 fully saturated rings. The van der Waals surface area contributed by atoms with Crippen LogP contribution < -0.4 is 10.6 Å². The van der Waals surface area contributed by atoms with E-state index in [2.05, 4.69) is 50.6 Å². The van der Waals surface area contributed by atoms with E-state index in [0.717, 1.165) is 101 Å². The SMILES string of the molecule is CCCn1ccc2nc(Nc3cnn(C4CCOCC4)c3)nc(NC3CCC(N4CCOCC4)CC3)c21. The van der Waals surface area contributed by atoms with Crippen molar-refractivity contribution in [3.63, 3.8) is 0 Å². The first-order valence-electron chi connectivity index (χ1n) is 14.1.